The van der Waals surface area contributed by atoms with Gasteiger partial charge in [-0.25, -0.2) is 12.2 Å². The summed E-state index contributed by atoms with van der Waals surface area (Å²) in [5, 5.41) is 0. The second kappa shape index (κ2) is 18.0. The van der Waals surface area contributed by atoms with Crippen molar-refractivity contribution in [1.82, 2.24) is 0 Å². The van der Waals surface area contributed by atoms with Gasteiger partial charge in [0.2, 0.25) is 0 Å². The van der Waals surface area contributed by atoms with E-state index in [2.05, 4.69) is 32.1 Å². The molecule has 0 N–H and O–H groups in total. The van der Waals surface area contributed by atoms with Crippen LogP contribution in [-0.4, -0.2) is 20.0 Å². The van der Waals surface area contributed by atoms with E-state index >= 15 is 0 Å². The summed E-state index contributed by atoms with van der Waals surface area (Å²) in [6, 6.07) is 0. The van der Waals surface area contributed by atoms with Gasteiger partial charge >= 0.3 is 18.6 Å². The number of hydrogen-bond donors (Lipinski definition) is 0. The number of halogens is 2. The van der Waals surface area contributed by atoms with Crippen LogP contribution in [0.25, 0.3) is 0 Å². The summed E-state index contributed by atoms with van der Waals surface area (Å²) < 4.78 is 0. The van der Waals surface area contributed by atoms with Gasteiger partial charge in [0, 0.05) is 0 Å². The van der Waals surface area contributed by atoms with Crippen molar-refractivity contribution in [3.8, 4) is 0 Å². The molecule has 0 bridgehead atoms. The predicted molar refractivity (Wildman–Crippen MR) is 46.3 cm³/mol. The van der Waals surface area contributed by atoms with Crippen LogP contribution in [0.4, 0.5) is 0 Å². The molecule has 1 aliphatic rings. The zero-order valence-corrected chi connectivity index (χ0v) is 11.4. The Morgan fingerprint density at radius 1 is 1.17 bits per heavy atom. The maximum atomic E-state index is 2.99. The molecule has 1 aliphatic carbocycles. The second-order valence-corrected chi connectivity index (χ2v) is 5.03. The molecule has 0 aromatic carbocycles. The van der Waals surface area contributed by atoms with Crippen LogP contribution in [0.1, 0.15) is 6.42 Å². The van der Waals surface area contributed by atoms with Gasteiger partial charge in [0.25, 0.3) is 0 Å². The van der Waals surface area contributed by atoms with Gasteiger partial charge in [-0.1, -0.05) is 0 Å². The van der Waals surface area contributed by atoms with Crippen molar-refractivity contribution in [3.63, 3.8) is 0 Å². The third-order valence-corrected chi connectivity index (χ3v) is 0.586. The summed E-state index contributed by atoms with van der Waals surface area (Å²) in [6.07, 6.45) is 10.0. The number of rotatable bonds is 0. The maximum Gasteiger partial charge on any atom is 2.00 e. The molecular weight excluding hydrogens is 249 g/mol. The zero-order chi connectivity index (χ0) is 7.11. The fourth-order valence-electron chi connectivity index (χ4n) is 0.340. The van der Waals surface area contributed by atoms with E-state index in [0.717, 1.165) is 6.42 Å². The Bertz CT molecular complexity index is 101. The Kier molecular flexibility index (Phi) is 34.7. The van der Waals surface area contributed by atoms with Crippen LogP contribution in [0.5, 0.6) is 0 Å². The SMILES string of the molecule is CP(C)C.[C-]1=CC=CC1.[Cl-].[Cl-].[V+2]. The van der Waals surface area contributed by atoms with Crippen LogP contribution in [0, 0.1) is 6.08 Å². The van der Waals surface area contributed by atoms with E-state index in [1.54, 1.807) is 0 Å². The molecule has 71 valence electrons. The molecule has 0 aliphatic heterocycles. The number of allylic oxidation sites excluding steroid dienone is 4. The first-order valence-electron chi connectivity index (χ1n) is 3.06. The van der Waals surface area contributed by atoms with Crippen LogP contribution < -0.4 is 24.8 Å². The molecule has 0 spiro atoms. The summed E-state index contributed by atoms with van der Waals surface area (Å²) >= 11 is 0. The van der Waals surface area contributed by atoms with Crippen LogP contribution in [0.2, 0.25) is 0 Å². The molecule has 0 amide bonds. The average molecular weight is 263 g/mol. The standard InChI is InChI=1S/C5H5.C3H9P.2ClH.V/c1-2-4-5-3-1;1-4(2)3;;;/h1-3H,4H2;1-3H3;2*1H;/q-1;;;;+2/p-2. The van der Waals surface area contributed by atoms with E-state index in [4.69, 9.17) is 0 Å². The first kappa shape index (κ1) is 23.1. The summed E-state index contributed by atoms with van der Waals surface area (Å²) in [4.78, 5) is 0. The number of hydrogen-bond acceptors (Lipinski definition) is 0. The molecule has 0 unspecified atom stereocenters. The van der Waals surface area contributed by atoms with Gasteiger partial charge in [-0.15, -0.1) is 14.3 Å². The minimum Gasteiger partial charge on any atom is -1.00 e. The van der Waals surface area contributed by atoms with Gasteiger partial charge in [-0.2, -0.15) is 6.08 Å². The summed E-state index contributed by atoms with van der Waals surface area (Å²) in [7, 11) is 0.380. The molecule has 0 atom stereocenters. The Morgan fingerprint density at radius 3 is 1.67 bits per heavy atom. The van der Waals surface area contributed by atoms with Gasteiger partial charge in [0.1, 0.15) is 0 Å². The van der Waals surface area contributed by atoms with Crippen LogP contribution >= 0.6 is 7.92 Å². The Labute approximate surface area is 102 Å². The molecule has 12 heavy (non-hydrogen) atoms. The third kappa shape index (κ3) is 30.5. The maximum absolute atomic E-state index is 2.99. The Hall–Kier alpha value is 1.07. The molecule has 0 saturated heterocycles. The van der Waals surface area contributed by atoms with Crippen molar-refractivity contribution in [3.05, 3.63) is 24.3 Å². The smallest absolute Gasteiger partial charge is 1.00 e. The van der Waals surface area contributed by atoms with Crippen LogP contribution in [0.3, 0.4) is 0 Å². The van der Waals surface area contributed by atoms with Crippen LogP contribution in [0.15, 0.2) is 18.2 Å². The average Bonchev–Trinajstić information content (AvgIpc) is 2.11. The van der Waals surface area contributed by atoms with Crippen molar-refractivity contribution in [2.75, 3.05) is 20.0 Å². The Morgan fingerprint density at radius 2 is 1.58 bits per heavy atom. The molecule has 0 aromatic rings. The van der Waals surface area contributed by atoms with E-state index in [1.165, 1.54) is 0 Å². The van der Waals surface area contributed by atoms with E-state index in [-0.39, 0.29) is 43.4 Å². The van der Waals surface area contributed by atoms with Gasteiger partial charge in [0.15, 0.2) is 0 Å². The van der Waals surface area contributed by atoms with Gasteiger partial charge in [0.05, 0.1) is 0 Å². The van der Waals surface area contributed by atoms with E-state index in [9.17, 15) is 0 Å². The predicted octanol–water partition coefficient (Wildman–Crippen LogP) is -3.33. The minimum atomic E-state index is 0. The molecule has 1 rings (SSSR count). The molecule has 0 aromatic heterocycles. The zero-order valence-electron chi connectivity index (χ0n) is 7.59. The monoisotopic (exact) mass is 262 g/mol. The summed E-state index contributed by atoms with van der Waals surface area (Å²) in [5.41, 5.74) is 0. The quantitative estimate of drug-likeness (QED) is 0.317. The normalized spacial score (nSPS) is 10.3. The summed E-state index contributed by atoms with van der Waals surface area (Å²) in [5.74, 6) is 0. The Balaban J connectivity index is -0.0000000436. The first-order valence-corrected chi connectivity index (χ1v) is 5.74. The molecule has 0 heterocycles. The van der Waals surface area contributed by atoms with Gasteiger partial charge in [-0.05, 0) is 20.0 Å². The molecular formula is C8H14Cl2PV-. The van der Waals surface area contributed by atoms with Gasteiger partial charge < -0.3 is 24.8 Å². The molecule has 1 radical (unpaired) electrons. The second-order valence-electron chi connectivity index (χ2n) is 2.34. The van der Waals surface area contributed by atoms with E-state index < -0.39 is 0 Å². The molecule has 0 fully saturated rings. The van der Waals surface area contributed by atoms with E-state index in [0.29, 0.717) is 7.92 Å². The molecule has 4 heteroatoms. The third-order valence-electron chi connectivity index (χ3n) is 0.586. The fraction of sp³-hybridized carbons (Fsp3) is 0.500. The topological polar surface area (TPSA) is 0 Å². The largest absolute Gasteiger partial charge is 2.00 e. The van der Waals surface area contributed by atoms with Gasteiger partial charge in [-0.3, -0.25) is 6.08 Å². The van der Waals surface area contributed by atoms with Crippen LogP contribution in [-0.2, 0) is 18.6 Å². The molecule has 0 nitrogen and oxygen atoms in total. The fourth-order valence-corrected chi connectivity index (χ4v) is 0.340. The van der Waals surface area contributed by atoms with Crippen molar-refractivity contribution in [2.24, 2.45) is 0 Å². The van der Waals surface area contributed by atoms with Crippen molar-refractivity contribution in [2.45, 2.75) is 6.42 Å². The van der Waals surface area contributed by atoms with Crippen molar-refractivity contribution in [1.29, 1.82) is 0 Å². The summed E-state index contributed by atoms with van der Waals surface area (Å²) in [6.45, 7) is 6.69. The minimum absolute atomic E-state index is 0. The van der Waals surface area contributed by atoms with Crippen molar-refractivity contribution < 1.29 is 43.4 Å². The van der Waals surface area contributed by atoms with Crippen molar-refractivity contribution >= 4 is 7.92 Å². The van der Waals surface area contributed by atoms with E-state index in [1.807, 2.05) is 12.2 Å². The first-order chi connectivity index (χ1) is 4.23. The molecule has 0 saturated carbocycles.